The summed E-state index contributed by atoms with van der Waals surface area (Å²) >= 11 is 0. The number of aryl methyl sites for hydroxylation is 2. The fraction of sp³-hybridized carbons (Fsp3) is 0.522. The molecule has 162 valence electrons. The van der Waals surface area contributed by atoms with Gasteiger partial charge in [0.15, 0.2) is 0 Å². The van der Waals surface area contributed by atoms with Gasteiger partial charge in [0, 0.05) is 18.2 Å². The van der Waals surface area contributed by atoms with Gasteiger partial charge in [-0.2, -0.15) is 0 Å². The lowest BCUT2D eigenvalue weighted by Gasteiger charge is -2.32. The zero-order chi connectivity index (χ0) is 22.0. The smallest absolute Gasteiger partial charge is 0.310 e. The first kappa shape index (κ1) is 22.0. The molecule has 0 radical (unpaired) electrons. The van der Waals surface area contributed by atoms with Crippen LogP contribution in [-0.4, -0.2) is 53.6 Å². The number of aliphatic hydroxyl groups is 1. The number of anilines is 1. The molecule has 2 N–H and O–H groups in total. The third kappa shape index (κ3) is 3.99. The van der Waals surface area contributed by atoms with Crippen LogP contribution in [0.2, 0.25) is 0 Å². The van der Waals surface area contributed by atoms with E-state index in [2.05, 4.69) is 5.32 Å². The Balaban J connectivity index is 1.95. The predicted molar refractivity (Wildman–Crippen MR) is 113 cm³/mol. The van der Waals surface area contributed by atoms with Crippen LogP contribution >= 0.6 is 0 Å². The van der Waals surface area contributed by atoms with E-state index in [-0.39, 0.29) is 37.5 Å². The van der Waals surface area contributed by atoms with E-state index in [0.717, 1.165) is 11.1 Å². The Labute approximate surface area is 177 Å². The Kier molecular flexibility index (Phi) is 6.61. The van der Waals surface area contributed by atoms with Gasteiger partial charge in [-0.25, -0.2) is 0 Å². The van der Waals surface area contributed by atoms with Gasteiger partial charge in [0.05, 0.1) is 25.0 Å². The number of carbonyl (C=O) groups excluding carboxylic acids is 3. The Morgan fingerprint density at radius 1 is 1.23 bits per heavy atom. The zero-order valence-corrected chi connectivity index (χ0v) is 17.9. The third-order valence-corrected chi connectivity index (χ3v) is 6.09. The number of hydrogen-bond donors (Lipinski definition) is 2. The lowest BCUT2D eigenvalue weighted by atomic mass is 9.70. The molecule has 1 saturated heterocycles. The number of aliphatic hydroxyl groups excluding tert-OH is 1. The van der Waals surface area contributed by atoms with E-state index in [9.17, 15) is 19.5 Å². The number of nitrogens with one attached hydrogen (secondary N) is 1. The van der Waals surface area contributed by atoms with Gasteiger partial charge < -0.3 is 20.1 Å². The molecule has 7 heteroatoms. The molecule has 2 aliphatic rings. The van der Waals surface area contributed by atoms with Crippen LogP contribution in [0.5, 0.6) is 0 Å². The Bertz CT molecular complexity index is 865. The van der Waals surface area contributed by atoms with Crippen LogP contribution < -0.4 is 5.32 Å². The van der Waals surface area contributed by atoms with Crippen molar-refractivity contribution in [1.82, 2.24) is 4.90 Å². The minimum atomic E-state index is -0.796. The number of esters is 1. The maximum absolute atomic E-state index is 13.3. The number of β-amino-alcohol motifs (C(OH)–C–C–N with tert-alkyl or cyclic N) is 1. The highest BCUT2D eigenvalue weighted by atomic mass is 16.5. The summed E-state index contributed by atoms with van der Waals surface area (Å²) in [5.41, 5.74) is 2.62. The van der Waals surface area contributed by atoms with E-state index in [1.54, 1.807) is 6.92 Å². The molecule has 5 atom stereocenters. The highest BCUT2D eigenvalue weighted by Crippen LogP contribution is 2.44. The van der Waals surface area contributed by atoms with Crippen LogP contribution in [0.3, 0.4) is 0 Å². The first-order valence-corrected chi connectivity index (χ1v) is 10.4. The average Bonchev–Trinajstić information content (AvgIpc) is 2.97. The predicted octanol–water partition coefficient (Wildman–Crippen LogP) is 2.06. The van der Waals surface area contributed by atoms with Crippen molar-refractivity contribution in [2.24, 2.45) is 23.7 Å². The van der Waals surface area contributed by atoms with E-state index < -0.39 is 29.8 Å². The van der Waals surface area contributed by atoms with E-state index >= 15 is 0 Å². The lowest BCUT2D eigenvalue weighted by molar-refractivity contribution is -0.155. The summed E-state index contributed by atoms with van der Waals surface area (Å²) in [5, 5.41) is 12.5. The molecule has 0 bridgehead atoms. The average molecular weight is 415 g/mol. The summed E-state index contributed by atoms with van der Waals surface area (Å²) in [6.45, 7) is 7.46. The quantitative estimate of drug-likeness (QED) is 0.549. The molecule has 1 fully saturated rings. The molecule has 0 aromatic heterocycles. The van der Waals surface area contributed by atoms with E-state index in [1.807, 2.05) is 51.1 Å². The normalized spacial score (nSPS) is 27.7. The second-order valence-electron chi connectivity index (χ2n) is 8.13. The molecule has 1 aromatic carbocycles. The number of amides is 2. The summed E-state index contributed by atoms with van der Waals surface area (Å²) in [6.07, 6.45) is 3.75. The van der Waals surface area contributed by atoms with Crippen molar-refractivity contribution in [3.8, 4) is 0 Å². The van der Waals surface area contributed by atoms with E-state index in [1.165, 1.54) is 4.90 Å². The van der Waals surface area contributed by atoms with Crippen LogP contribution in [0.15, 0.2) is 30.4 Å². The molecule has 2 amide bonds. The van der Waals surface area contributed by atoms with Crippen molar-refractivity contribution < 1.29 is 24.2 Å². The lowest BCUT2D eigenvalue weighted by Crippen LogP contribution is -2.45. The van der Waals surface area contributed by atoms with Crippen LogP contribution in [0.25, 0.3) is 0 Å². The molecule has 1 heterocycles. The Morgan fingerprint density at radius 3 is 2.63 bits per heavy atom. The molecule has 30 heavy (non-hydrogen) atoms. The number of nitrogens with zero attached hydrogens (tertiary/aromatic N) is 1. The zero-order valence-electron chi connectivity index (χ0n) is 17.9. The molecular weight excluding hydrogens is 384 g/mol. The second kappa shape index (κ2) is 9.00. The highest BCUT2D eigenvalue weighted by Gasteiger charge is 2.56. The summed E-state index contributed by atoms with van der Waals surface area (Å²) < 4.78 is 5.23. The number of rotatable bonds is 6. The molecule has 3 rings (SSSR count). The van der Waals surface area contributed by atoms with Gasteiger partial charge in [-0.05, 0) is 43.9 Å². The monoisotopic (exact) mass is 414 g/mol. The molecule has 0 unspecified atom stereocenters. The van der Waals surface area contributed by atoms with Crippen molar-refractivity contribution >= 4 is 23.5 Å². The van der Waals surface area contributed by atoms with E-state index in [0.29, 0.717) is 5.69 Å². The van der Waals surface area contributed by atoms with Gasteiger partial charge in [0.1, 0.15) is 6.04 Å². The van der Waals surface area contributed by atoms with Gasteiger partial charge in [0.25, 0.3) is 0 Å². The number of ether oxygens (including phenoxy) is 1. The van der Waals surface area contributed by atoms with E-state index in [4.69, 9.17) is 4.74 Å². The number of likely N-dealkylation sites (tertiary alicyclic amines) is 1. The van der Waals surface area contributed by atoms with Crippen LogP contribution in [0.1, 0.15) is 25.0 Å². The molecule has 0 saturated carbocycles. The molecule has 1 aromatic rings. The van der Waals surface area contributed by atoms with Crippen molar-refractivity contribution in [3.63, 3.8) is 0 Å². The number of benzene rings is 1. The summed E-state index contributed by atoms with van der Waals surface area (Å²) in [6, 6.07) is 4.99. The third-order valence-electron chi connectivity index (χ3n) is 6.09. The largest absolute Gasteiger partial charge is 0.466 e. The first-order chi connectivity index (χ1) is 14.3. The number of carbonyl (C=O) groups is 3. The van der Waals surface area contributed by atoms with Crippen molar-refractivity contribution in [3.05, 3.63) is 41.5 Å². The first-order valence-electron chi connectivity index (χ1n) is 10.4. The van der Waals surface area contributed by atoms with Gasteiger partial charge in [-0.3, -0.25) is 14.4 Å². The van der Waals surface area contributed by atoms with Crippen molar-refractivity contribution in [2.75, 3.05) is 25.1 Å². The maximum atomic E-state index is 13.3. The topological polar surface area (TPSA) is 95.9 Å². The summed E-state index contributed by atoms with van der Waals surface area (Å²) in [5.74, 6) is -2.98. The second-order valence-corrected chi connectivity index (χ2v) is 8.13. The SMILES string of the molecule is CCOC(=O)[C@H]1[C@H]2C(=O)N(CCO)[C@H](C(=O)Nc3cc(C)ccc3C)[C@H]2C=C[C@H]1C. The molecule has 1 aliphatic heterocycles. The minimum absolute atomic E-state index is 0.0362. The fourth-order valence-electron chi connectivity index (χ4n) is 4.62. The molecule has 0 spiro atoms. The minimum Gasteiger partial charge on any atom is -0.466 e. The van der Waals surface area contributed by atoms with Crippen molar-refractivity contribution in [2.45, 2.75) is 33.7 Å². The van der Waals surface area contributed by atoms with Gasteiger partial charge in [-0.1, -0.05) is 31.2 Å². The summed E-state index contributed by atoms with van der Waals surface area (Å²) in [4.78, 5) is 40.6. The molecule has 7 nitrogen and oxygen atoms in total. The molecule has 1 aliphatic carbocycles. The maximum Gasteiger partial charge on any atom is 0.310 e. The van der Waals surface area contributed by atoms with Gasteiger partial charge >= 0.3 is 5.97 Å². The summed E-state index contributed by atoms with van der Waals surface area (Å²) in [7, 11) is 0. The van der Waals surface area contributed by atoms with Crippen LogP contribution in [-0.2, 0) is 19.1 Å². The Morgan fingerprint density at radius 2 is 1.97 bits per heavy atom. The van der Waals surface area contributed by atoms with Crippen LogP contribution in [0.4, 0.5) is 5.69 Å². The number of fused-ring (bicyclic) bond motifs is 1. The highest BCUT2D eigenvalue weighted by molar-refractivity contribution is 6.02. The Hall–Kier alpha value is -2.67. The molecular formula is C23H30N2O5. The standard InChI is InChI=1S/C23H30N2O5/c1-5-30-23(29)18-15(4)8-9-16-19(18)22(28)25(10-11-26)20(16)21(27)24-17-12-13(2)6-7-14(17)3/h6-9,12,15-16,18-20,26H,5,10-11H2,1-4H3,(H,24,27)/t15-,16+,18-,19+,20+/m1/s1. The van der Waals surface area contributed by atoms with Gasteiger partial charge in [0.2, 0.25) is 11.8 Å². The van der Waals surface area contributed by atoms with Crippen molar-refractivity contribution in [1.29, 1.82) is 0 Å². The van der Waals surface area contributed by atoms with Crippen LogP contribution in [0, 0.1) is 37.5 Å². The van der Waals surface area contributed by atoms with Gasteiger partial charge in [-0.15, -0.1) is 0 Å². The fourth-order valence-corrected chi connectivity index (χ4v) is 4.62. The number of allylic oxidation sites excluding steroid dienone is 1. The number of hydrogen-bond acceptors (Lipinski definition) is 5.